The predicted octanol–water partition coefficient (Wildman–Crippen LogP) is 2.12. The van der Waals surface area contributed by atoms with Crippen molar-refractivity contribution in [2.45, 2.75) is 13.0 Å². The van der Waals surface area contributed by atoms with Gasteiger partial charge in [-0.3, -0.25) is 19.9 Å². The first-order valence-corrected chi connectivity index (χ1v) is 9.14. The maximum absolute atomic E-state index is 11.0. The number of nitrogens with zero attached hydrogens (tertiary/aromatic N) is 2. The minimum Gasteiger partial charge on any atom is -0.395 e. The number of aromatic nitrogens is 2. The van der Waals surface area contributed by atoms with E-state index >= 15 is 0 Å². The van der Waals surface area contributed by atoms with Gasteiger partial charge in [-0.15, -0.1) is 0 Å². The Labute approximate surface area is 163 Å². The number of carbonyl (C=O) groups is 1. The molecular formula is C21H24N4O3. The summed E-state index contributed by atoms with van der Waals surface area (Å²) in [6, 6.07) is 12.2. The summed E-state index contributed by atoms with van der Waals surface area (Å²) in [4.78, 5) is 20.8. The van der Waals surface area contributed by atoms with E-state index < -0.39 is 5.91 Å². The van der Waals surface area contributed by atoms with Crippen LogP contribution in [0.2, 0.25) is 0 Å². The highest BCUT2D eigenvalue weighted by atomic mass is 16.5. The molecule has 0 bridgehead atoms. The molecule has 1 aromatic carbocycles. The number of aliphatic hydroxyl groups excluding tert-OH is 1. The van der Waals surface area contributed by atoms with Gasteiger partial charge in [0.05, 0.1) is 12.3 Å². The number of hydroxylamine groups is 1. The molecule has 0 aliphatic heterocycles. The van der Waals surface area contributed by atoms with Crippen molar-refractivity contribution in [2.24, 2.45) is 0 Å². The van der Waals surface area contributed by atoms with Gasteiger partial charge in [-0.25, -0.2) is 5.48 Å². The molecule has 7 nitrogen and oxygen atoms in total. The van der Waals surface area contributed by atoms with Crippen molar-refractivity contribution in [3.63, 3.8) is 0 Å². The summed E-state index contributed by atoms with van der Waals surface area (Å²) in [5.74, 6) is -0.587. The fourth-order valence-corrected chi connectivity index (χ4v) is 3.02. The molecular weight excluding hydrogens is 356 g/mol. The first-order chi connectivity index (χ1) is 13.7. The van der Waals surface area contributed by atoms with Gasteiger partial charge in [0.2, 0.25) is 0 Å². The third-order valence-corrected chi connectivity index (χ3v) is 4.52. The number of amides is 1. The predicted molar refractivity (Wildman–Crippen MR) is 108 cm³/mol. The first-order valence-electron chi connectivity index (χ1n) is 9.14. The van der Waals surface area contributed by atoms with Crippen LogP contribution in [0.25, 0.3) is 17.0 Å². The summed E-state index contributed by atoms with van der Waals surface area (Å²) in [7, 11) is 0. The average molecular weight is 380 g/mol. The topological polar surface area (TPSA) is 101 Å². The maximum Gasteiger partial charge on any atom is 0.267 e. The summed E-state index contributed by atoms with van der Waals surface area (Å²) in [5, 5.41) is 19.1. The second kappa shape index (κ2) is 9.80. The van der Waals surface area contributed by atoms with Crippen LogP contribution >= 0.6 is 0 Å². The van der Waals surface area contributed by atoms with Gasteiger partial charge in [0.1, 0.15) is 0 Å². The van der Waals surface area contributed by atoms with Crippen molar-refractivity contribution in [1.82, 2.24) is 20.3 Å². The molecule has 2 heterocycles. The van der Waals surface area contributed by atoms with Gasteiger partial charge in [-0.2, -0.15) is 0 Å². The lowest BCUT2D eigenvalue weighted by Crippen LogP contribution is -2.29. The van der Waals surface area contributed by atoms with Gasteiger partial charge >= 0.3 is 0 Å². The summed E-state index contributed by atoms with van der Waals surface area (Å²) < 4.78 is 0. The molecule has 4 N–H and O–H groups in total. The van der Waals surface area contributed by atoms with E-state index in [9.17, 15) is 9.90 Å². The Morgan fingerprint density at radius 1 is 1.21 bits per heavy atom. The van der Waals surface area contributed by atoms with Crippen LogP contribution < -0.4 is 5.48 Å². The Morgan fingerprint density at radius 2 is 2.11 bits per heavy atom. The standard InChI is InChI=1S/C21H24N4O3/c26-12-11-25(10-8-16-2-5-20-18(13-16)7-9-22-20)15-19-4-1-17(14-23-19)3-6-21(27)24-28/h1-7,9,13-14,22,26,28H,8,10-12,15H2,(H,24,27)/b6-3+. The fourth-order valence-electron chi connectivity index (χ4n) is 3.02. The summed E-state index contributed by atoms with van der Waals surface area (Å²) in [6.45, 7) is 2.12. The van der Waals surface area contributed by atoms with Crippen molar-refractivity contribution in [3.8, 4) is 0 Å². The molecule has 0 fully saturated rings. The minimum atomic E-state index is -0.587. The molecule has 0 atom stereocenters. The van der Waals surface area contributed by atoms with Crippen molar-refractivity contribution in [3.05, 3.63) is 71.7 Å². The van der Waals surface area contributed by atoms with Gasteiger partial charge in [-0.05, 0) is 53.3 Å². The number of hydrogen-bond acceptors (Lipinski definition) is 5. The number of rotatable bonds is 9. The molecule has 3 rings (SSSR count). The molecule has 0 unspecified atom stereocenters. The van der Waals surface area contributed by atoms with Gasteiger partial charge in [0.25, 0.3) is 5.91 Å². The third-order valence-electron chi connectivity index (χ3n) is 4.52. The Morgan fingerprint density at radius 3 is 2.86 bits per heavy atom. The molecule has 0 saturated carbocycles. The largest absolute Gasteiger partial charge is 0.395 e. The molecule has 28 heavy (non-hydrogen) atoms. The van der Waals surface area contributed by atoms with Crippen LogP contribution in [-0.2, 0) is 17.8 Å². The molecule has 7 heteroatoms. The van der Waals surface area contributed by atoms with Gasteiger partial charge in [0, 0.05) is 43.6 Å². The molecule has 0 saturated heterocycles. The smallest absolute Gasteiger partial charge is 0.267 e. The summed E-state index contributed by atoms with van der Waals surface area (Å²) in [5.41, 5.74) is 5.58. The number of aliphatic hydroxyl groups is 1. The second-order valence-corrected chi connectivity index (χ2v) is 6.54. The van der Waals surface area contributed by atoms with Crippen LogP contribution in [0.1, 0.15) is 16.8 Å². The molecule has 1 amide bonds. The number of fused-ring (bicyclic) bond motifs is 1. The van der Waals surface area contributed by atoms with Crippen molar-refractivity contribution < 1.29 is 15.1 Å². The maximum atomic E-state index is 11.0. The highest BCUT2D eigenvalue weighted by Gasteiger charge is 2.08. The van der Waals surface area contributed by atoms with E-state index in [2.05, 4.69) is 39.1 Å². The quantitative estimate of drug-likeness (QED) is 0.259. The molecule has 0 aliphatic rings. The highest BCUT2D eigenvalue weighted by molar-refractivity contribution is 5.90. The van der Waals surface area contributed by atoms with Crippen LogP contribution in [0.5, 0.6) is 0 Å². The highest BCUT2D eigenvalue weighted by Crippen LogP contribution is 2.15. The molecule has 3 aromatic rings. The second-order valence-electron chi connectivity index (χ2n) is 6.54. The van der Waals surface area contributed by atoms with Crippen molar-refractivity contribution >= 4 is 22.9 Å². The van der Waals surface area contributed by atoms with Crippen LogP contribution in [0.3, 0.4) is 0 Å². The van der Waals surface area contributed by atoms with Crippen molar-refractivity contribution in [2.75, 3.05) is 19.7 Å². The monoisotopic (exact) mass is 380 g/mol. The number of hydrogen-bond donors (Lipinski definition) is 4. The Bertz CT molecular complexity index is 934. The number of pyridine rings is 1. The SMILES string of the molecule is O=C(/C=C/c1ccc(CN(CCO)CCc2ccc3[nH]ccc3c2)nc1)NO. The number of carbonyl (C=O) groups excluding carboxylic acids is 1. The summed E-state index contributed by atoms with van der Waals surface area (Å²) >= 11 is 0. The zero-order valence-electron chi connectivity index (χ0n) is 15.5. The average Bonchev–Trinajstić information content (AvgIpc) is 3.19. The Balaban J connectivity index is 1.59. The lowest BCUT2D eigenvalue weighted by molar-refractivity contribution is -0.124. The van der Waals surface area contributed by atoms with E-state index in [1.165, 1.54) is 17.0 Å². The Hall–Kier alpha value is -3.00. The van der Waals surface area contributed by atoms with Crippen molar-refractivity contribution in [1.29, 1.82) is 0 Å². The number of aromatic amines is 1. The minimum absolute atomic E-state index is 0.0912. The molecule has 0 radical (unpaired) electrons. The number of nitrogens with one attached hydrogen (secondary N) is 2. The molecule has 146 valence electrons. The summed E-state index contributed by atoms with van der Waals surface area (Å²) in [6.07, 6.45) is 7.31. The van der Waals surface area contributed by atoms with Gasteiger partial charge < -0.3 is 10.1 Å². The molecule has 2 aromatic heterocycles. The van der Waals surface area contributed by atoms with Crippen LogP contribution in [0.4, 0.5) is 0 Å². The van der Waals surface area contributed by atoms with Gasteiger partial charge in [0.15, 0.2) is 0 Å². The lowest BCUT2D eigenvalue weighted by Gasteiger charge is -2.21. The first kappa shape index (κ1) is 19.8. The lowest BCUT2D eigenvalue weighted by atomic mass is 10.1. The molecule has 0 aliphatic carbocycles. The van der Waals surface area contributed by atoms with E-state index in [1.54, 1.807) is 17.8 Å². The molecule has 0 spiro atoms. The van der Waals surface area contributed by atoms with E-state index in [4.69, 9.17) is 5.21 Å². The van der Waals surface area contributed by atoms with Crippen LogP contribution in [-0.4, -0.2) is 50.8 Å². The Kier molecular flexibility index (Phi) is 6.91. The van der Waals surface area contributed by atoms with Crippen LogP contribution in [0, 0.1) is 0 Å². The van der Waals surface area contributed by atoms with E-state index in [1.807, 2.05) is 18.3 Å². The normalized spacial score (nSPS) is 11.5. The fraction of sp³-hybridized carbons (Fsp3) is 0.238. The van der Waals surface area contributed by atoms with E-state index in [0.717, 1.165) is 29.7 Å². The van der Waals surface area contributed by atoms with E-state index in [0.29, 0.717) is 13.1 Å². The third kappa shape index (κ3) is 5.50. The van der Waals surface area contributed by atoms with Gasteiger partial charge in [-0.1, -0.05) is 12.1 Å². The number of H-pyrrole nitrogens is 1. The zero-order chi connectivity index (χ0) is 19.8. The number of benzene rings is 1. The van der Waals surface area contributed by atoms with E-state index in [-0.39, 0.29) is 6.61 Å². The van der Waals surface area contributed by atoms with Crippen LogP contribution in [0.15, 0.2) is 54.9 Å². The zero-order valence-corrected chi connectivity index (χ0v) is 15.5.